The third-order valence-corrected chi connectivity index (χ3v) is 16.5. The fourth-order valence-electron chi connectivity index (χ4n) is 11.4. The van der Waals surface area contributed by atoms with E-state index in [1.54, 1.807) is 78.8 Å². The van der Waals surface area contributed by atoms with Crippen molar-refractivity contribution in [1.82, 2.24) is 20.4 Å². The molecule has 6 aliphatic rings. The predicted octanol–water partition coefficient (Wildman–Crippen LogP) is 10.1. The quantitative estimate of drug-likeness (QED) is 0.0494. The van der Waals surface area contributed by atoms with Crippen molar-refractivity contribution in [2.75, 3.05) is 33.9 Å². The summed E-state index contributed by atoms with van der Waals surface area (Å²) in [6.07, 6.45) is 3.45. The molecule has 4 fully saturated rings. The molecule has 16 nitrogen and oxygen atoms in total. The van der Waals surface area contributed by atoms with Gasteiger partial charge in [-0.15, -0.1) is 0 Å². The lowest BCUT2D eigenvalue weighted by Gasteiger charge is -2.29. The molecule has 10 rings (SSSR count). The highest BCUT2D eigenvalue weighted by atomic mass is 19.3. The number of aliphatic carboxylic acids is 1. The minimum Gasteiger partial charge on any atom is -0.480 e. The lowest BCUT2D eigenvalue weighted by molar-refractivity contribution is -0.153. The Bertz CT molecular complexity index is 3210. The van der Waals surface area contributed by atoms with Crippen molar-refractivity contribution in [1.29, 1.82) is 0 Å². The van der Waals surface area contributed by atoms with Gasteiger partial charge in [0, 0.05) is 52.9 Å². The number of nitrogens with one attached hydrogen (secondary N) is 2. The molecule has 432 valence electrons. The van der Waals surface area contributed by atoms with Gasteiger partial charge in [0.2, 0.25) is 11.8 Å². The molecule has 20 heteroatoms. The summed E-state index contributed by atoms with van der Waals surface area (Å²) in [5, 5.41) is 14.4. The number of alkyl halides is 4. The van der Waals surface area contributed by atoms with Crippen molar-refractivity contribution < 1.29 is 75.2 Å². The number of carbonyl (C=O) groups is 8. The number of likely N-dealkylation sites (tertiary alicyclic amines) is 2. The molecule has 0 aromatic heterocycles. The van der Waals surface area contributed by atoms with E-state index in [0.717, 1.165) is 37.3 Å². The van der Waals surface area contributed by atoms with Gasteiger partial charge in [-0.3, -0.25) is 19.2 Å². The number of hydrogen-bond acceptors (Lipinski definition) is 11. The highest BCUT2D eigenvalue weighted by Crippen LogP contribution is 2.57. The van der Waals surface area contributed by atoms with Crippen molar-refractivity contribution in [2.45, 2.75) is 129 Å². The molecule has 4 aromatic rings. The number of hydrogen-bond donors (Lipinski definition) is 3. The second-order valence-electron chi connectivity index (χ2n) is 23.0. The van der Waals surface area contributed by atoms with Crippen LogP contribution in [0.2, 0.25) is 0 Å². The SMILES string of the molecule is CCC(=O)c1ccc2c(c1)C(F)(F)c1cc(C)ccc1-2.COC(=O)N[C@H](C(=O)N1CC2(CC2)C[C@H]1C(=O)O)C(C)C.COC(=O)N[C@H](C(=O)N1CC2(CC2)C[C@H]1C(=O)OCC(=O)c1ccc2c(c1)C(F)(F)c1cc(C)ccc1-2)C(C)C. The van der Waals surface area contributed by atoms with Gasteiger partial charge in [-0.1, -0.05) is 94.3 Å². The van der Waals surface area contributed by atoms with Crippen LogP contribution in [-0.2, 0) is 45.2 Å². The molecule has 2 saturated heterocycles. The van der Waals surface area contributed by atoms with Crippen LogP contribution in [0.25, 0.3) is 22.3 Å². The Balaban J connectivity index is 0.000000176. The van der Waals surface area contributed by atoms with Crippen molar-refractivity contribution in [2.24, 2.45) is 22.7 Å². The zero-order valence-corrected chi connectivity index (χ0v) is 46.8. The van der Waals surface area contributed by atoms with Crippen molar-refractivity contribution in [3.8, 4) is 22.3 Å². The second-order valence-corrected chi connectivity index (χ2v) is 23.0. The van der Waals surface area contributed by atoms with Crippen LogP contribution in [-0.4, -0.2) is 120 Å². The average Bonchev–Trinajstić information content (AvgIpc) is 4.34. The molecule has 81 heavy (non-hydrogen) atoms. The maximum absolute atomic E-state index is 15.2. The van der Waals surface area contributed by atoms with Crippen molar-refractivity contribution in [3.05, 3.63) is 117 Å². The Morgan fingerprint density at radius 1 is 0.580 bits per heavy atom. The van der Waals surface area contributed by atoms with Crippen LogP contribution in [0.5, 0.6) is 0 Å². The number of rotatable bonds is 13. The number of halogens is 4. The monoisotopic (exact) mass is 1120 g/mol. The van der Waals surface area contributed by atoms with E-state index in [4.69, 9.17) is 4.74 Å². The third kappa shape index (κ3) is 11.9. The number of fused-ring (bicyclic) bond motifs is 6. The number of carboxylic acids is 1. The maximum atomic E-state index is 15.2. The van der Waals surface area contributed by atoms with Gasteiger partial charge < -0.3 is 39.8 Å². The minimum absolute atomic E-state index is 0.00842. The molecule has 4 aliphatic carbocycles. The first kappa shape index (κ1) is 59.5. The van der Waals surface area contributed by atoms with Crippen LogP contribution in [0.15, 0.2) is 72.8 Å². The molecular formula is C61H68F4N4O12. The number of alkyl carbamates (subject to hydrolysis) is 2. The largest absolute Gasteiger partial charge is 0.480 e. The Kier molecular flexibility index (Phi) is 16.7. The van der Waals surface area contributed by atoms with Crippen molar-refractivity contribution in [3.63, 3.8) is 0 Å². The number of amides is 4. The van der Waals surface area contributed by atoms with Crippen LogP contribution >= 0.6 is 0 Å². The molecule has 0 radical (unpaired) electrons. The summed E-state index contributed by atoms with van der Waals surface area (Å²) >= 11 is 0. The van der Waals surface area contributed by atoms with E-state index in [9.17, 15) is 52.2 Å². The topological polar surface area (TPSA) is 215 Å². The molecule has 2 aliphatic heterocycles. The van der Waals surface area contributed by atoms with Gasteiger partial charge in [-0.2, -0.15) is 17.6 Å². The number of nitrogens with zero attached hydrogens (tertiary/aromatic N) is 2. The van der Waals surface area contributed by atoms with Crippen LogP contribution in [0.3, 0.4) is 0 Å². The first-order valence-corrected chi connectivity index (χ1v) is 27.1. The molecule has 2 saturated carbocycles. The van der Waals surface area contributed by atoms with Gasteiger partial charge >= 0.3 is 24.1 Å². The number of carbonyl (C=O) groups excluding carboxylic acids is 7. The molecular weight excluding hydrogens is 1060 g/mol. The summed E-state index contributed by atoms with van der Waals surface area (Å²) in [5.74, 6) is -9.92. The van der Waals surface area contributed by atoms with Crippen LogP contribution in [0.1, 0.15) is 134 Å². The van der Waals surface area contributed by atoms with E-state index >= 15 is 8.78 Å². The minimum atomic E-state index is -3.25. The molecule has 2 spiro atoms. The van der Waals surface area contributed by atoms with E-state index in [-0.39, 0.29) is 62.2 Å². The number of ether oxygens (including phenoxy) is 3. The summed E-state index contributed by atoms with van der Waals surface area (Å²) in [4.78, 5) is 101. The smallest absolute Gasteiger partial charge is 0.407 e. The van der Waals surface area contributed by atoms with E-state index in [1.807, 2.05) is 6.07 Å². The van der Waals surface area contributed by atoms with Gasteiger partial charge in [0.1, 0.15) is 24.2 Å². The van der Waals surface area contributed by atoms with E-state index in [1.165, 1.54) is 54.4 Å². The first-order valence-electron chi connectivity index (χ1n) is 27.1. The van der Waals surface area contributed by atoms with Gasteiger partial charge in [-0.25, -0.2) is 19.2 Å². The van der Waals surface area contributed by atoms with E-state index in [0.29, 0.717) is 65.7 Å². The van der Waals surface area contributed by atoms with Crippen LogP contribution in [0, 0.1) is 36.5 Å². The molecule has 4 amide bonds. The second kappa shape index (κ2) is 22.7. The third-order valence-electron chi connectivity index (χ3n) is 16.5. The summed E-state index contributed by atoms with van der Waals surface area (Å²) in [7, 11) is 2.43. The number of methoxy groups -OCH3 is 2. The summed E-state index contributed by atoms with van der Waals surface area (Å²) in [5.41, 5.74) is 3.21. The number of esters is 1. The summed E-state index contributed by atoms with van der Waals surface area (Å²) in [6, 6.07) is 15.3. The van der Waals surface area contributed by atoms with Crippen LogP contribution < -0.4 is 10.6 Å². The Labute approximate surface area is 467 Å². The maximum Gasteiger partial charge on any atom is 0.407 e. The van der Waals surface area contributed by atoms with E-state index < -0.39 is 78.4 Å². The number of Topliss-reactive ketones (excluding diaryl/α,β-unsaturated/α-hetero) is 2. The molecule has 4 aromatic carbocycles. The molecule has 2 heterocycles. The number of aryl methyl sites for hydroxylation is 2. The normalized spacial score (nSPS) is 19.8. The Morgan fingerprint density at radius 3 is 1.32 bits per heavy atom. The van der Waals surface area contributed by atoms with Gasteiger partial charge in [0.15, 0.2) is 18.2 Å². The average molecular weight is 1130 g/mol. The fourth-order valence-corrected chi connectivity index (χ4v) is 11.4. The molecule has 0 unspecified atom stereocenters. The van der Waals surface area contributed by atoms with Gasteiger partial charge in [-0.05, 0) is 122 Å². The predicted molar refractivity (Wildman–Crippen MR) is 289 cm³/mol. The lowest BCUT2D eigenvalue weighted by Crippen LogP contribution is -2.54. The highest BCUT2D eigenvalue weighted by Gasteiger charge is 2.58. The standard InChI is InChI=1S/C30H32F2N2O6.C17H14F2O.C14H22N2O5/c1-16(2)25(33-28(38)39-4)26(36)34-15-29(9-10-29)13-23(34)27(37)40-14-24(35)18-6-8-20-19-7-5-17(3)11-21(19)30(31,32)22(20)12-18;1-3-16(20)11-5-7-13-12-6-4-10(2)8-14(12)17(18,19)15(13)9-11;1-8(2)10(15-13(20)21-3)11(17)16-7-14(4-5-14)6-9(16)12(18)19/h5-8,11-12,16,23,25H,9-10,13-15H2,1-4H3,(H,33,38);4-9H,3H2,1-2H3;8-10H,4-7H2,1-3H3,(H,15,20)(H,18,19)/t23-,25-;;9-,10-/m0.0/s1. The summed E-state index contributed by atoms with van der Waals surface area (Å²) < 4.78 is 74.1. The van der Waals surface area contributed by atoms with Crippen molar-refractivity contribution >= 4 is 47.5 Å². The number of carboxylic acid groups (broad SMARTS) is 1. The van der Waals surface area contributed by atoms with Gasteiger partial charge in [0.05, 0.1) is 14.2 Å². The number of ketones is 2. The first-order chi connectivity index (χ1) is 38.1. The lowest BCUT2D eigenvalue weighted by atomic mass is 10.00. The Hall–Kier alpha value is -7.64. The van der Waals surface area contributed by atoms with E-state index in [2.05, 4.69) is 20.1 Å². The van der Waals surface area contributed by atoms with Crippen LogP contribution in [0.4, 0.5) is 27.2 Å². The van der Waals surface area contributed by atoms with Gasteiger partial charge in [0.25, 0.3) is 11.8 Å². The number of benzene rings is 4. The Morgan fingerprint density at radius 2 is 0.951 bits per heavy atom. The summed E-state index contributed by atoms with van der Waals surface area (Å²) in [6.45, 7) is 12.6. The molecule has 3 N–H and O–H groups in total. The molecule has 4 atom stereocenters. The highest BCUT2D eigenvalue weighted by molar-refractivity contribution is 6.00. The molecule has 0 bridgehead atoms. The zero-order chi connectivity index (χ0) is 59.3. The fraction of sp³-hybridized carbons (Fsp3) is 0.475. The zero-order valence-electron chi connectivity index (χ0n) is 46.8.